The molecule has 6 nitrogen and oxygen atoms in total. The van der Waals surface area contributed by atoms with Crippen LogP contribution in [-0.2, 0) is 4.79 Å². The van der Waals surface area contributed by atoms with E-state index in [-0.39, 0.29) is 24.2 Å². The Morgan fingerprint density at radius 3 is 2.80 bits per heavy atom. The van der Waals surface area contributed by atoms with Crippen molar-refractivity contribution in [2.45, 2.75) is 18.9 Å². The standard InChI is InChI=1S/C17H22ClN3O3.ClH/c1-24-15-5-4-12(18)7-13(15)17(23)21-6-2-3-14(21)16(22)20-10-11-8-19-9-11;/h4-5,7,11,14,19H,2-3,6,8-10H2,1H3,(H,20,22);1H. The normalized spacial score (nSPS) is 19.8. The van der Waals surface area contributed by atoms with Crippen LogP contribution in [0.25, 0.3) is 0 Å². The van der Waals surface area contributed by atoms with Gasteiger partial charge in [-0.1, -0.05) is 11.6 Å². The summed E-state index contributed by atoms with van der Waals surface area (Å²) in [6, 6.07) is 4.52. The van der Waals surface area contributed by atoms with Gasteiger partial charge >= 0.3 is 0 Å². The van der Waals surface area contributed by atoms with Crippen LogP contribution in [0.5, 0.6) is 5.75 Å². The topological polar surface area (TPSA) is 70.7 Å². The first kappa shape index (κ1) is 19.8. The van der Waals surface area contributed by atoms with Gasteiger partial charge in [0, 0.05) is 37.1 Å². The number of nitrogens with zero attached hydrogens (tertiary/aromatic N) is 1. The molecule has 0 bridgehead atoms. The molecule has 1 unspecified atom stereocenters. The third kappa shape index (κ3) is 4.37. The lowest BCUT2D eigenvalue weighted by Crippen LogP contribution is -2.51. The van der Waals surface area contributed by atoms with Crippen molar-refractivity contribution in [1.29, 1.82) is 0 Å². The van der Waals surface area contributed by atoms with Crippen molar-refractivity contribution in [3.05, 3.63) is 28.8 Å². The molecule has 3 rings (SSSR count). The number of methoxy groups -OCH3 is 1. The van der Waals surface area contributed by atoms with Gasteiger partial charge in [-0.05, 0) is 31.0 Å². The highest BCUT2D eigenvalue weighted by atomic mass is 35.5. The number of hydrogen-bond acceptors (Lipinski definition) is 4. The summed E-state index contributed by atoms with van der Waals surface area (Å²) < 4.78 is 5.26. The van der Waals surface area contributed by atoms with Crippen molar-refractivity contribution in [2.75, 3.05) is 33.3 Å². The van der Waals surface area contributed by atoms with Crippen LogP contribution in [-0.4, -0.2) is 56.0 Å². The third-order valence-corrected chi connectivity index (χ3v) is 4.87. The largest absolute Gasteiger partial charge is 0.496 e. The van der Waals surface area contributed by atoms with Crippen molar-refractivity contribution >= 4 is 35.8 Å². The van der Waals surface area contributed by atoms with Crippen molar-refractivity contribution in [3.8, 4) is 5.75 Å². The smallest absolute Gasteiger partial charge is 0.258 e. The predicted molar refractivity (Wildman–Crippen MR) is 98.7 cm³/mol. The zero-order valence-electron chi connectivity index (χ0n) is 14.1. The summed E-state index contributed by atoms with van der Waals surface area (Å²) in [4.78, 5) is 27.0. The van der Waals surface area contributed by atoms with Gasteiger partial charge < -0.3 is 20.3 Å². The predicted octanol–water partition coefficient (Wildman–Crippen LogP) is 1.71. The molecule has 138 valence electrons. The molecule has 2 aliphatic rings. The second-order valence-corrected chi connectivity index (χ2v) is 6.71. The van der Waals surface area contributed by atoms with Crippen LogP contribution in [0.1, 0.15) is 23.2 Å². The van der Waals surface area contributed by atoms with E-state index in [0.29, 0.717) is 41.8 Å². The van der Waals surface area contributed by atoms with Crippen LogP contribution in [0.4, 0.5) is 0 Å². The number of likely N-dealkylation sites (tertiary alicyclic amines) is 1. The number of ether oxygens (including phenoxy) is 1. The Bertz CT molecular complexity index is 638. The molecular formula is C17H23Cl2N3O3. The first-order valence-corrected chi connectivity index (χ1v) is 8.61. The third-order valence-electron chi connectivity index (χ3n) is 4.64. The van der Waals surface area contributed by atoms with E-state index in [1.165, 1.54) is 7.11 Å². The summed E-state index contributed by atoms with van der Waals surface area (Å²) in [5.74, 6) is 0.676. The van der Waals surface area contributed by atoms with Crippen molar-refractivity contribution in [3.63, 3.8) is 0 Å². The number of rotatable bonds is 5. The number of nitrogens with one attached hydrogen (secondary N) is 2. The lowest BCUT2D eigenvalue weighted by atomic mass is 10.0. The summed E-state index contributed by atoms with van der Waals surface area (Å²) in [6.07, 6.45) is 1.50. The van der Waals surface area contributed by atoms with Gasteiger partial charge in [-0.2, -0.15) is 0 Å². The molecule has 2 aliphatic heterocycles. The Morgan fingerprint density at radius 2 is 2.16 bits per heavy atom. The van der Waals surface area contributed by atoms with Crippen LogP contribution in [0, 0.1) is 5.92 Å². The van der Waals surface area contributed by atoms with Crippen molar-refractivity contribution < 1.29 is 14.3 Å². The first-order valence-electron chi connectivity index (χ1n) is 8.23. The van der Waals surface area contributed by atoms with E-state index in [1.807, 2.05) is 0 Å². The second kappa shape index (κ2) is 8.74. The van der Waals surface area contributed by atoms with E-state index < -0.39 is 6.04 Å². The number of hydrogen-bond donors (Lipinski definition) is 2. The minimum absolute atomic E-state index is 0. The molecule has 2 heterocycles. The Kier molecular flexibility index (Phi) is 6.93. The summed E-state index contributed by atoms with van der Waals surface area (Å²) in [7, 11) is 1.51. The van der Waals surface area contributed by atoms with Crippen LogP contribution >= 0.6 is 24.0 Å². The lowest BCUT2D eigenvalue weighted by molar-refractivity contribution is -0.125. The summed E-state index contributed by atoms with van der Waals surface area (Å²) in [5, 5.41) is 6.62. The number of halogens is 2. The van der Waals surface area contributed by atoms with Gasteiger partial charge in [-0.3, -0.25) is 9.59 Å². The molecule has 2 amide bonds. The summed E-state index contributed by atoms with van der Waals surface area (Å²) in [6.45, 7) is 3.10. The number of benzene rings is 1. The lowest BCUT2D eigenvalue weighted by Gasteiger charge is -2.29. The van der Waals surface area contributed by atoms with Crippen LogP contribution < -0.4 is 15.4 Å². The van der Waals surface area contributed by atoms with E-state index in [1.54, 1.807) is 23.1 Å². The van der Waals surface area contributed by atoms with Gasteiger partial charge in [0.1, 0.15) is 11.8 Å². The maximum atomic E-state index is 12.9. The molecule has 2 fully saturated rings. The van der Waals surface area contributed by atoms with Crippen LogP contribution in [0.3, 0.4) is 0 Å². The molecule has 0 aromatic heterocycles. The molecule has 0 spiro atoms. The molecule has 8 heteroatoms. The van der Waals surface area contributed by atoms with Crippen molar-refractivity contribution in [1.82, 2.24) is 15.5 Å². The fraction of sp³-hybridized carbons (Fsp3) is 0.529. The second-order valence-electron chi connectivity index (χ2n) is 6.27. The van der Waals surface area contributed by atoms with Gasteiger partial charge in [-0.15, -0.1) is 12.4 Å². The highest BCUT2D eigenvalue weighted by molar-refractivity contribution is 6.31. The maximum Gasteiger partial charge on any atom is 0.258 e. The summed E-state index contributed by atoms with van der Waals surface area (Å²) in [5.41, 5.74) is 0.396. The number of carbonyl (C=O) groups is 2. The summed E-state index contributed by atoms with van der Waals surface area (Å²) >= 11 is 6.02. The first-order chi connectivity index (χ1) is 11.6. The molecule has 2 saturated heterocycles. The Morgan fingerprint density at radius 1 is 1.40 bits per heavy atom. The minimum atomic E-state index is -0.422. The average molecular weight is 388 g/mol. The molecule has 0 aliphatic carbocycles. The molecule has 0 saturated carbocycles. The minimum Gasteiger partial charge on any atom is -0.496 e. The molecule has 0 radical (unpaired) electrons. The van der Waals surface area contributed by atoms with Crippen molar-refractivity contribution in [2.24, 2.45) is 5.92 Å². The molecule has 2 N–H and O–H groups in total. The SMILES string of the molecule is COc1ccc(Cl)cc1C(=O)N1CCCC1C(=O)NCC1CNC1.Cl. The Balaban J connectivity index is 0.00000225. The Labute approximate surface area is 158 Å². The maximum absolute atomic E-state index is 12.9. The van der Waals surface area contributed by atoms with Crippen LogP contribution in [0.2, 0.25) is 5.02 Å². The van der Waals surface area contributed by atoms with Gasteiger partial charge in [0.2, 0.25) is 5.91 Å². The molecule has 1 aromatic carbocycles. The van der Waals surface area contributed by atoms with Gasteiger partial charge in [0.05, 0.1) is 12.7 Å². The highest BCUT2D eigenvalue weighted by Crippen LogP contribution is 2.27. The quantitative estimate of drug-likeness (QED) is 0.806. The van der Waals surface area contributed by atoms with Gasteiger partial charge in [-0.25, -0.2) is 0 Å². The van der Waals surface area contributed by atoms with Gasteiger partial charge in [0.25, 0.3) is 5.91 Å². The van der Waals surface area contributed by atoms with Crippen LogP contribution in [0.15, 0.2) is 18.2 Å². The zero-order valence-corrected chi connectivity index (χ0v) is 15.7. The fourth-order valence-electron chi connectivity index (χ4n) is 3.14. The molecule has 25 heavy (non-hydrogen) atoms. The van der Waals surface area contributed by atoms with E-state index in [2.05, 4.69) is 10.6 Å². The number of amides is 2. The van der Waals surface area contributed by atoms with E-state index in [0.717, 1.165) is 19.5 Å². The highest BCUT2D eigenvalue weighted by Gasteiger charge is 2.35. The zero-order chi connectivity index (χ0) is 17.1. The average Bonchev–Trinajstić information content (AvgIpc) is 3.02. The Hall–Kier alpha value is -1.50. The fourth-order valence-corrected chi connectivity index (χ4v) is 3.31. The van der Waals surface area contributed by atoms with Gasteiger partial charge in [0.15, 0.2) is 0 Å². The number of carbonyl (C=O) groups excluding carboxylic acids is 2. The molecule has 1 atom stereocenters. The van der Waals surface area contributed by atoms with E-state index >= 15 is 0 Å². The molecule has 1 aromatic rings. The molecular weight excluding hydrogens is 365 g/mol. The van der Waals surface area contributed by atoms with E-state index in [9.17, 15) is 9.59 Å². The monoisotopic (exact) mass is 387 g/mol. The van der Waals surface area contributed by atoms with E-state index in [4.69, 9.17) is 16.3 Å².